The summed E-state index contributed by atoms with van der Waals surface area (Å²) < 4.78 is 0. The Morgan fingerprint density at radius 2 is 2.39 bits per heavy atom. The molecule has 0 radical (unpaired) electrons. The summed E-state index contributed by atoms with van der Waals surface area (Å²) in [4.78, 5) is 12.2. The molecule has 0 saturated carbocycles. The van der Waals surface area contributed by atoms with Crippen LogP contribution in [0.1, 0.15) is 13.3 Å². The maximum absolute atomic E-state index is 12.2. The molecule has 1 aliphatic heterocycles. The molecule has 3 N–H and O–H groups in total. The molecule has 2 atom stereocenters. The lowest BCUT2D eigenvalue weighted by Gasteiger charge is -2.15. The van der Waals surface area contributed by atoms with Gasteiger partial charge in [-0.3, -0.25) is 9.89 Å². The summed E-state index contributed by atoms with van der Waals surface area (Å²) in [6.07, 6.45) is 2.63. The van der Waals surface area contributed by atoms with Crippen LogP contribution in [0.4, 0.5) is 5.69 Å². The van der Waals surface area contributed by atoms with Crippen molar-refractivity contribution in [3.63, 3.8) is 0 Å². The van der Waals surface area contributed by atoms with Crippen molar-refractivity contribution in [3.8, 4) is 0 Å². The maximum Gasteiger partial charge on any atom is 0.229 e. The van der Waals surface area contributed by atoms with Gasteiger partial charge < -0.3 is 10.6 Å². The topological polar surface area (TPSA) is 69.8 Å². The molecule has 2 unspecified atom stereocenters. The van der Waals surface area contributed by atoms with E-state index in [0.29, 0.717) is 0 Å². The number of carbonyl (C=O) groups is 1. The van der Waals surface area contributed by atoms with Crippen LogP contribution < -0.4 is 10.6 Å². The van der Waals surface area contributed by atoms with Crippen LogP contribution in [-0.2, 0) is 4.79 Å². The minimum Gasteiger partial charge on any atom is -0.325 e. The molecule has 0 aliphatic carbocycles. The van der Waals surface area contributed by atoms with E-state index in [9.17, 15) is 4.79 Å². The highest BCUT2D eigenvalue weighted by Gasteiger charge is 2.29. The van der Waals surface area contributed by atoms with Crippen LogP contribution in [0.15, 0.2) is 24.4 Å². The Kier molecular flexibility index (Phi) is 2.76. The van der Waals surface area contributed by atoms with Crippen LogP contribution in [0, 0.1) is 5.92 Å². The lowest BCUT2D eigenvalue weighted by molar-refractivity contribution is -0.119. The van der Waals surface area contributed by atoms with Gasteiger partial charge in [0.2, 0.25) is 5.91 Å². The minimum absolute atomic E-state index is 0.0483. The van der Waals surface area contributed by atoms with Gasteiger partial charge in [0, 0.05) is 11.4 Å². The number of rotatable bonds is 2. The lowest BCUT2D eigenvalue weighted by atomic mass is 10.0. The number of carbonyl (C=O) groups excluding carboxylic acids is 1. The third-order valence-electron chi connectivity index (χ3n) is 3.60. The average Bonchev–Trinajstić information content (AvgIpc) is 2.97. The molecule has 18 heavy (non-hydrogen) atoms. The fourth-order valence-corrected chi connectivity index (χ4v) is 2.52. The fraction of sp³-hybridized carbons (Fsp3) is 0.385. The van der Waals surface area contributed by atoms with Gasteiger partial charge in [-0.25, -0.2) is 0 Å². The van der Waals surface area contributed by atoms with Crippen molar-refractivity contribution in [3.05, 3.63) is 24.4 Å². The lowest BCUT2D eigenvalue weighted by Crippen LogP contribution is -2.32. The summed E-state index contributed by atoms with van der Waals surface area (Å²) in [6, 6.07) is 6.00. The van der Waals surface area contributed by atoms with Crippen molar-refractivity contribution in [2.24, 2.45) is 5.92 Å². The van der Waals surface area contributed by atoms with E-state index in [-0.39, 0.29) is 17.9 Å². The minimum atomic E-state index is 0.0483. The van der Waals surface area contributed by atoms with Crippen molar-refractivity contribution in [2.45, 2.75) is 19.4 Å². The molecule has 3 rings (SSSR count). The van der Waals surface area contributed by atoms with Gasteiger partial charge in [0.05, 0.1) is 23.3 Å². The Labute approximate surface area is 105 Å². The molecule has 1 aliphatic rings. The molecule has 5 nitrogen and oxygen atoms in total. The number of anilines is 1. The summed E-state index contributed by atoms with van der Waals surface area (Å²) in [5.74, 6) is 0.133. The summed E-state index contributed by atoms with van der Waals surface area (Å²) >= 11 is 0. The van der Waals surface area contributed by atoms with Crippen LogP contribution >= 0.6 is 0 Å². The number of benzene rings is 1. The fourth-order valence-electron chi connectivity index (χ4n) is 2.52. The normalized spacial score (nSPS) is 23.4. The summed E-state index contributed by atoms with van der Waals surface area (Å²) in [6.45, 7) is 2.96. The predicted molar refractivity (Wildman–Crippen MR) is 70.3 cm³/mol. The zero-order valence-electron chi connectivity index (χ0n) is 10.2. The largest absolute Gasteiger partial charge is 0.325 e. The zero-order chi connectivity index (χ0) is 12.5. The number of nitrogens with zero attached hydrogens (tertiary/aromatic N) is 1. The first kappa shape index (κ1) is 11.2. The number of hydrogen-bond acceptors (Lipinski definition) is 3. The van der Waals surface area contributed by atoms with E-state index >= 15 is 0 Å². The highest BCUT2D eigenvalue weighted by Crippen LogP contribution is 2.23. The van der Waals surface area contributed by atoms with E-state index in [1.165, 1.54) is 0 Å². The van der Waals surface area contributed by atoms with E-state index in [1.54, 1.807) is 6.20 Å². The van der Waals surface area contributed by atoms with Crippen molar-refractivity contribution < 1.29 is 4.79 Å². The molecule has 1 amide bonds. The quantitative estimate of drug-likeness (QED) is 0.749. The summed E-state index contributed by atoms with van der Waals surface area (Å²) in [5.41, 5.74) is 1.76. The first-order valence-electron chi connectivity index (χ1n) is 6.22. The number of nitrogens with one attached hydrogen (secondary N) is 3. The number of aromatic nitrogens is 2. The SMILES string of the molecule is CC1NCCC1C(=O)Nc1cccc2[nH]ncc12. The van der Waals surface area contributed by atoms with Crippen molar-refractivity contribution in [1.82, 2.24) is 15.5 Å². The standard InChI is InChI=1S/C13H16N4O/c1-8-9(5-6-14-8)13(18)16-11-3-2-4-12-10(11)7-15-17-12/h2-4,7-9,14H,5-6H2,1H3,(H,15,17)(H,16,18). The highest BCUT2D eigenvalue weighted by molar-refractivity contribution is 6.01. The van der Waals surface area contributed by atoms with Gasteiger partial charge in [-0.05, 0) is 32.0 Å². The van der Waals surface area contributed by atoms with E-state index in [4.69, 9.17) is 0 Å². The van der Waals surface area contributed by atoms with Crippen LogP contribution in [0.3, 0.4) is 0 Å². The predicted octanol–water partition coefficient (Wildman–Crippen LogP) is 1.50. The first-order chi connectivity index (χ1) is 8.75. The van der Waals surface area contributed by atoms with Gasteiger partial charge in [-0.15, -0.1) is 0 Å². The third-order valence-corrected chi connectivity index (χ3v) is 3.60. The molecule has 1 aromatic heterocycles. The second kappa shape index (κ2) is 4.42. The molecule has 2 aromatic rings. The van der Waals surface area contributed by atoms with Gasteiger partial charge in [0.25, 0.3) is 0 Å². The molecule has 0 bridgehead atoms. The Hall–Kier alpha value is -1.88. The van der Waals surface area contributed by atoms with Crippen molar-refractivity contribution in [1.29, 1.82) is 0 Å². The van der Waals surface area contributed by atoms with Crippen molar-refractivity contribution in [2.75, 3.05) is 11.9 Å². The molecule has 2 heterocycles. The molecular formula is C13H16N4O. The zero-order valence-corrected chi connectivity index (χ0v) is 10.2. The van der Waals surface area contributed by atoms with Crippen molar-refractivity contribution >= 4 is 22.5 Å². The second-order valence-corrected chi connectivity index (χ2v) is 4.76. The van der Waals surface area contributed by atoms with Gasteiger partial charge in [0.15, 0.2) is 0 Å². The van der Waals surface area contributed by atoms with Gasteiger partial charge in [0.1, 0.15) is 0 Å². The summed E-state index contributed by atoms with van der Waals surface area (Å²) in [5, 5.41) is 14.1. The molecule has 0 spiro atoms. The number of fused-ring (bicyclic) bond motifs is 1. The van der Waals surface area contributed by atoms with E-state index in [2.05, 4.69) is 27.8 Å². The number of amides is 1. The number of H-pyrrole nitrogens is 1. The third kappa shape index (κ3) is 1.86. The Morgan fingerprint density at radius 1 is 1.50 bits per heavy atom. The van der Waals surface area contributed by atoms with Gasteiger partial charge in [-0.2, -0.15) is 5.10 Å². The van der Waals surface area contributed by atoms with Gasteiger partial charge >= 0.3 is 0 Å². The molecular weight excluding hydrogens is 228 g/mol. The van der Waals surface area contributed by atoms with Crippen LogP contribution in [0.25, 0.3) is 10.9 Å². The van der Waals surface area contributed by atoms with E-state index in [0.717, 1.165) is 29.6 Å². The van der Waals surface area contributed by atoms with E-state index in [1.807, 2.05) is 18.2 Å². The number of hydrogen-bond donors (Lipinski definition) is 3. The molecule has 1 fully saturated rings. The van der Waals surface area contributed by atoms with Crippen LogP contribution in [-0.4, -0.2) is 28.7 Å². The highest BCUT2D eigenvalue weighted by atomic mass is 16.1. The summed E-state index contributed by atoms with van der Waals surface area (Å²) in [7, 11) is 0. The monoisotopic (exact) mass is 244 g/mol. The molecule has 94 valence electrons. The number of aromatic amines is 1. The Balaban J connectivity index is 1.84. The van der Waals surface area contributed by atoms with E-state index < -0.39 is 0 Å². The van der Waals surface area contributed by atoms with Crippen LogP contribution in [0.2, 0.25) is 0 Å². The first-order valence-corrected chi connectivity index (χ1v) is 6.22. The smallest absolute Gasteiger partial charge is 0.229 e. The molecule has 1 aromatic carbocycles. The maximum atomic E-state index is 12.2. The Bertz CT molecular complexity index is 577. The second-order valence-electron chi connectivity index (χ2n) is 4.76. The van der Waals surface area contributed by atoms with Crippen LogP contribution in [0.5, 0.6) is 0 Å². The molecule has 5 heteroatoms. The molecule has 1 saturated heterocycles. The average molecular weight is 244 g/mol. The van der Waals surface area contributed by atoms with Gasteiger partial charge in [-0.1, -0.05) is 6.07 Å². The Morgan fingerprint density at radius 3 is 3.17 bits per heavy atom.